The number of ether oxygens (including phenoxy) is 1. The van der Waals surface area contributed by atoms with Crippen molar-refractivity contribution >= 4 is 22.8 Å². The maximum atomic E-state index is 12.6. The fourth-order valence-electron chi connectivity index (χ4n) is 4.48. The van der Waals surface area contributed by atoms with Gasteiger partial charge in [-0.2, -0.15) is 4.98 Å². The minimum atomic E-state index is -0.0679. The molecule has 1 N–H and O–H groups in total. The molecule has 3 heterocycles. The number of nitrogens with one attached hydrogen (secondary N) is 1. The molecular weight excluding hydrogens is 442 g/mol. The van der Waals surface area contributed by atoms with Crippen molar-refractivity contribution in [2.75, 3.05) is 25.1 Å². The molecule has 0 saturated carbocycles. The molecule has 5 rings (SSSR count). The van der Waals surface area contributed by atoms with Gasteiger partial charge in [0, 0.05) is 43.6 Å². The van der Waals surface area contributed by atoms with E-state index in [9.17, 15) is 4.79 Å². The largest absolute Gasteiger partial charge is 0.496 e. The molecule has 1 aliphatic heterocycles. The lowest BCUT2D eigenvalue weighted by atomic mass is 10.1. The molecule has 180 valence electrons. The number of methoxy groups -OCH3 is 1. The van der Waals surface area contributed by atoms with Crippen LogP contribution in [0.15, 0.2) is 59.1 Å². The van der Waals surface area contributed by atoms with Crippen molar-refractivity contribution in [3.05, 3.63) is 66.0 Å². The van der Waals surface area contributed by atoms with E-state index in [0.717, 1.165) is 59.7 Å². The lowest BCUT2D eigenvalue weighted by Crippen LogP contribution is -2.30. The summed E-state index contributed by atoms with van der Waals surface area (Å²) in [6.45, 7) is 2.28. The van der Waals surface area contributed by atoms with E-state index in [4.69, 9.17) is 14.2 Å². The molecule has 0 spiro atoms. The Morgan fingerprint density at radius 1 is 1.03 bits per heavy atom. The maximum absolute atomic E-state index is 12.6. The van der Waals surface area contributed by atoms with Crippen LogP contribution < -0.4 is 15.0 Å². The van der Waals surface area contributed by atoms with E-state index in [1.54, 1.807) is 7.11 Å². The number of anilines is 1. The fourth-order valence-corrected chi connectivity index (χ4v) is 4.48. The van der Waals surface area contributed by atoms with Gasteiger partial charge < -0.3 is 19.5 Å². The Kier molecular flexibility index (Phi) is 6.88. The lowest BCUT2D eigenvalue weighted by Gasteiger charge is -2.28. The molecule has 0 unspecified atom stereocenters. The number of amides is 1. The number of fused-ring (bicyclic) bond motifs is 1. The summed E-state index contributed by atoms with van der Waals surface area (Å²) in [6, 6.07) is 17.6. The van der Waals surface area contributed by atoms with Gasteiger partial charge in [0.15, 0.2) is 0 Å². The summed E-state index contributed by atoms with van der Waals surface area (Å²) in [5.41, 5.74) is 3.12. The van der Waals surface area contributed by atoms with E-state index in [2.05, 4.69) is 20.4 Å². The molecule has 1 fully saturated rings. The minimum absolute atomic E-state index is 0.0679. The van der Waals surface area contributed by atoms with Crippen LogP contribution >= 0.6 is 0 Å². The Bertz CT molecular complexity index is 1300. The second-order valence-corrected chi connectivity index (χ2v) is 8.68. The van der Waals surface area contributed by atoms with E-state index in [1.165, 1.54) is 6.42 Å². The molecule has 1 amide bonds. The first kappa shape index (κ1) is 22.8. The first-order chi connectivity index (χ1) is 17.2. The Hall–Kier alpha value is -3.94. The maximum Gasteiger partial charge on any atom is 0.263 e. The topological polar surface area (TPSA) is 93.4 Å². The van der Waals surface area contributed by atoms with Crippen molar-refractivity contribution in [3.8, 4) is 17.0 Å². The highest BCUT2D eigenvalue weighted by Crippen LogP contribution is 2.34. The van der Waals surface area contributed by atoms with Gasteiger partial charge in [-0.1, -0.05) is 53.7 Å². The SMILES string of the molecule is COc1ccccc1CNC(=O)CCc1nc(N2CCCCC2)c2c(-c3ccccc3)noc2n1. The first-order valence-corrected chi connectivity index (χ1v) is 12.1. The first-order valence-electron chi connectivity index (χ1n) is 12.1. The highest BCUT2D eigenvalue weighted by atomic mass is 16.5. The van der Waals surface area contributed by atoms with Crippen LogP contribution in [0.3, 0.4) is 0 Å². The highest BCUT2D eigenvalue weighted by molar-refractivity contribution is 5.98. The zero-order chi connectivity index (χ0) is 24.0. The van der Waals surface area contributed by atoms with Crippen LogP contribution in [0.5, 0.6) is 5.75 Å². The molecule has 0 bridgehead atoms. The Balaban J connectivity index is 1.36. The average molecular weight is 472 g/mol. The van der Waals surface area contributed by atoms with E-state index >= 15 is 0 Å². The molecule has 35 heavy (non-hydrogen) atoms. The third-order valence-electron chi connectivity index (χ3n) is 6.31. The van der Waals surface area contributed by atoms with Crippen molar-refractivity contribution < 1.29 is 14.1 Å². The zero-order valence-corrected chi connectivity index (χ0v) is 19.9. The van der Waals surface area contributed by atoms with Gasteiger partial charge in [-0.3, -0.25) is 4.79 Å². The molecule has 2 aromatic carbocycles. The summed E-state index contributed by atoms with van der Waals surface area (Å²) >= 11 is 0. The van der Waals surface area contributed by atoms with Gasteiger partial charge in [-0.15, -0.1) is 0 Å². The monoisotopic (exact) mass is 471 g/mol. The molecule has 8 heteroatoms. The van der Waals surface area contributed by atoms with Crippen LogP contribution in [0.4, 0.5) is 5.82 Å². The van der Waals surface area contributed by atoms with Crippen LogP contribution in [-0.4, -0.2) is 41.2 Å². The lowest BCUT2D eigenvalue weighted by molar-refractivity contribution is -0.121. The second-order valence-electron chi connectivity index (χ2n) is 8.68. The number of carbonyl (C=O) groups is 1. The van der Waals surface area contributed by atoms with Gasteiger partial charge >= 0.3 is 0 Å². The van der Waals surface area contributed by atoms with E-state index in [1.807, 2.05) is 54.6 Å². The Morgan fingerprint density at radius 2 is 1.80 bits per heavy atom. The Labute approximate surface area is 204 Å². The molecule has 1 aliphatic rings. The molecule has 0 atom stereocenters. The normalized spacial score (nSPS) is 13.7. The van der Waals surface area contributed by atoms with Crippen molar-refractivity contribution in [3.63, 3.8) is 0 Å². The van der Waals surface area contributed by atoms with Gasteiger partial charge in [0.05, 0.1) is 7.11 Å². The number of hydrogen-bond donors (Lipinski definition) is 1. The number of piperidine rings is 1. The number of nitrogens with zero attached hydrogens (tertiary/aromatic N) is 4. The standard InChI is InChI=1S/C27H29N5O3/c1-34-21-13-7-6-12-20(21)18-28-23(33)15-14-22-29-26(32-16-8-3-9-17-32)24-25(31-35-27(24)30-22)19-10-4-2-5-11-19/h2,4-7,10-13H,3,8-9,14-18H2,1H3,(H,28,33). The van der Waals surface area contributed by atoms with Crippen LogP contribution in [-0.2, 0) is 17.8 Å². The molecular formula is C27H29N5O3. The quantitative estimate of drug-likeness (QED) is 0.403. The number of benzene rings is 2. The predicted octanol–water partition coefficient (Wildman–Crippen LogP) is 4.53. The molecule has 4 aromatic rings. The number of aromatic nitrogens is 3. The van der Waals surface area contributed by atoms with Gasteiger partial charge in [-0.25, -0.2) is 4.98 Å². The highest BCUT2D eigenvalue weighted by Gasteiger charge is 2.24. The second kappa shape index (κ2) is 10.5. The fraction of sp³-hybridized carbons (Fsp3) is 0.333. The number of carbonyl (C=O) groups excluding carboxylic acids is 1. The smallest absolute Gasteiger partial charge is 0.263 e. The molecule has 0 radical (unpaired) electrons. The molecule has 1 saturated heterocycles. The van der Waals surface area contributed by atoms with E-state index < -0.39 is 0 Å². The van der Waals surface area contributed by atoms with Crippen LogP contribution in [0.1, 0.15) is 37.1 Å². The summed E-state index contributed by atoms with van der Waals surface area (Å²) in [5, 5.41) is 8.14. The van der Waals surface area contributed by atoms with Gasteiger partial charge in [0.2, 0.25) is 5.91 Å². The number of hydrogen-bond acceptors (Lipinski definition) is 7. The molecule has 0 aliphatic carbocycles. The van der Waals surface area contributed by atoms with E-state index in [-0.39, 0.29) is 12.3 Å². The average Bonchev–Trinajstić information content (AvgIpc) is 3.35. The van der Waals surface area contributed by atoms with Gasteiger partial charge in [-0.05, 0) is 25.3 Å². The summed E-state index contributed by atoms with van der Waals surface area (Å²) < 4.78 is 11.0. The Morgan fingerprint density at radius 3 is 2.60 bits per heavy atom. The van der Waals surface area contributed by atoms with Crippen molar-refractivity contribution in [2.45, 2.75) is 38.6 Å². The third kappa shape index (κ3) is 5.11. The summed E-state index contributed by atoms with van der Waals surface area (Å²) in [5.74, 6) is 2.12. The summed E-state index contributed by atoms with van der Waals surface area (Å²) in [7, 11) is 1.63. The zero-order valence-electron chi connectivity index (χ0n) is 19.9. The summed E-state index contributed by atoms with van der Waals surface area (Å²) in [6.07, 6.45) is 4.16. The number of rotatable bonds is 8. The van der Waals surface area contributed by atoms with Crippen LogP contribution in [0.2, 0.25) is 0 Å². The number of para-hydroxylation sites is 1. The van der Waals surface area contributed by atoms with Crippen molar-refractivity contribution in [1.82, 2.24) is 20.4 Å². The minimum Gasteiger partial charge on any atom is -0.496 e. The van der Waals surface area contributed by atoms with Crippen LogP contribution in [0.25, 0.3) is 22.4 Å². The van der Waals surface area contributed by atoms with E-state index in [0.29, 0.717) is 24.5 Å². The third-order valence-corrected chi connectivity index (χ3v) is 6.31. The predicted molar refractivity (Wildman–Crippen MR) is 134 cm³/mol. The molecule has 2 aromatic heterocycles. The summed E-state index contributed by atoms with van der Waals surface area (Å²) in [4.78, 5) is 24.4. The van der Waals surface area contributed by atoms with Gasteiger partial charge in [0.1, 0.15) is 28.5 Å². The van der Waals surface area contributed by atoms with Crippen molar-refractivity contribution in [1.29, 1.82) is 0 Å². The number of aryl methyl sites for hydroxylation is 1. The van der Waals surface area contributed by atoms with Gasteiger partial charge in [0.25, 0.3) is 5.71 Å². The van der Waals surface area contributed by atoms with Crippen LogP contribution in [0, 0.1) is 0 Å². The molecule has 8 nitrogen and oxygen atoms in total. The van der Waals surface area contributed by atoms with Crippen molar-refractivity contribution in [2.24, 2.45) is 0 Å².